The van der Waals surface area contributed by atoms with Crippen molar-refractivity contribution in [2.24, 2.45) is 5.11 Å². The molecule has 4 nitrogen and oxygen atoms in total. The summed E-state index contributed by atoms with van der Waals surface area (Å²) in [6.45, 7) is 0. The van der Waals surface area contributed by atoms with Crippen molar-refractivity contribution in [2.75, 3.05) is 0 Å². The SMILES string of the molecule is [N-]=[N+]=NC(=O)c1sccc1-c1cccc(C(F)F)c1. The van der Waals surface area contributed by atoms with Gasteiger partial charge in [0, 0.05) is 16.0 Å². The van der Waals surface area contributed by atoms with Crippen LogP contribution >= 0.6 is 11.3 Å². The molecule has 2 aromatic rings. The second kappa shape index (κ2) is 5.60. The Bertz CT molecular complexity index is 662. The maximum atomic E-state index is 12.6. The van der Waals surface area contributed by atoms with Gasteiger partial charge in [-0.1, -0.05) is 18.2 Å². The van der Waals surface area contributed by atoms with Gasteiger partial charge in [0.05, 0.1) is 4.88 Å². The van der Waals surface area contributed by atoms with Gasteiger partial charge in [0.25, 0.3) is 12.3 Å². The first-order valence-electron chi connectivity index (χ1n) is 5.19. The average molecular weight is 279 g/mol. The molecule has 0 saturated heterocycles. The molecule has 0 aliphatic rings. The van der Waals surface area contributed by atoms with Crippen LogP contribution in [0.1, 0.15) is 21.7 Å². The number of alkyl halides is 2. The van der Waals surface area contributed by atoms with Crippen LogP contribution < -0.4 is 0 Å². The van der Waals surface area contributed by atoms with Crippen LogP contribution in [0.4, 0.5) is 8.78 Å². The number of rotatable bonds is 3. The van der Waals surface area contributed by atoms with Crippen molar-refractivity contribution >= 4 is 17.2 Å². The van der Waals surface area contributed by atoms with E-state index < -0.39 is 12.3 Å². The zero-order chi connectivity index (χ0) is 13.8. The van der Waals surface area contributed by atoms with Crippen molar-refractivity contribution in [2.45, 2.75) is 6.43 Å². The zero-order valence-corrected chi connectivity index (χ0v) is 10.3. The molecule has 0 bridgehead atoms. The fraction of sp³-hybridized carbons (Fsp3) is 0.0833. The van der Waals surface area contributed by atoms with E-state index in [0.29, 0.717) is 11.1 Å². The fourth-order valence-corrected chi connectivity index (χ4v) is 2.42. The largest absolute Gasteiger partial charge is 0.286 e. The number of nitrogens with zero attached hydrogens (tertiary/aromatic N) is 3. The minimum absolute atomic E-state index is 0.120. The van der Waals surface area contributed by atoms with Crippen molar-refractivity contribution in [3.8, 4) is 11.1 Å². The Morgan fingerprint density at radius 3 is 2.84 bits per heavy atom. The van der Waals surface area contributed by atoms with Crippen LogP contribution in [-0.4, -0.2) is 5.91 Å². The Kier molecular flexibility index (Phi) is 3.89. The summed E-state index contributed by atoms with van der Waals surface area (Å²) in [7, 11) is 0. The molecule has 2 rings (SSSR count). The predicted octanol–water partition coefficient (Wildman–Crippen LogP) is 4.80. The number of carbonyl (C=O) groups is 1. The van der Waals surface area contributed by atoms with Crippen LogP contribution in [0.25, 0.3) is 21.6 Å². The molecule has 1 heterocycles. The molecule has 19 heavy (non-hydrogen) atoms. The molecule has 0 saturated carbocycles. The highest BCUT2D eigenvalue weighted by Crippen LogP contribution is 2.31. The highest BCUT2D eigenvalue weighted by atomic mass is 32.1. The molecule has 1 aromatic heterocycles. The van der Waals surface area contributed by atoms with Crippen LogP contribution in [0.3, 0.4) is 0 Å². The lowest BCUT2D eigenvalue weighted by atomic mass is 10.0. The predicted molar refractivity (Wildman–Crippen MR) is 68.2 cm³/mol. The van der Waals surface area contributed by atoms with Crippen LogP contribution in [0, 0.1) is 0 Å². The maximum absolute atomic E-state index is 12.6. The third-order valence-corrected chi connectivity index (χ3v) is 3.35. The minimum atomic E-state index is -2.57. The van der Waals surface area contributed by atoms with Gasteiger partial charge in [-0.15, -0.1) is 11.3 Å². The van der Waals surface area contributed by atoms with Gasteiger partial charge in [-0.25, -0.2) is 8.78 Å². The average Bonchev–Trinajstić information content (AvgIpc) is 2.88. The molecule has 0 aliphatic carbocycles. The second-order valence-electron chi connectivity index (χ2n) is 3.58. The molecule has 0 radical (unpaired) electrons. The van der Waals surface area contributed by atoms with Crippen molar-refractivity contribution in [3.63, 3.8) is 0 Å². The van der Waals surface area contributed by atoms with Crippen molar-refractivity contribution in [1.82, 2.24) is 0 Å². The molecule has 0 aliphatic heterocycles. The standard InChI is InChI=1S/C12H7F2N3OS/c13-11(14)8-3-1-2-7(6-8)9-4-5-19-10(9)12(18)16-17-15/h1-6,11H. The molecule has 96 valence electrons. The topological polar surface area (TPSA) is 65.8 Å². The van der Waals surface area contributed by atoms with Crippen molar-refractivity contribution < 1.29 is 13.6 Å². The van der Waals surface area contributed by atoms with Gasteiger partial charge in [0.2, 0.25) is 0 Å². The summed E-state index contributed by atoms with van der Waals surface area (Å²) in [6, 6.07) is 7.39. The molecule has 0 fully saturated rings. The van der Waals surface area contributed by atoms with Crippen LogP contribution in [0.15, 0.2) is 40.8 Å². The fourth-order valence-electron chi connectivity index (χ4n) is 1.63. The first-order chi connectivity index (χ1) is 9.13. The molecule has 7 heteroatoms. The number of thiophene rings is 1. The molecule has 1 aromatic carbocycles. The van der Waals surface area contributed by atoms with Crippen LogP contribution in [-0.2, 0) is 0 Å². The van der Waals surface area contributed by atoms with Gasteiger partial charge in [-0.2, -0.15) is 0 Å². The Morgan fingerprint density at radius 2 is 2.16 bits per heavy atom. The van der Waals surface area contributed by atoms with Gasteiger partial charge in [-0.05, 0) is 33.7 Å². The zero-order valence-electron chi connectivity index (χ0n) is 9.46. The van der Waals surface area contributed by atoms with Gasteiger partial charge in [0.15, 0.2) is 0 Å². The molecule has 0 atom stereocenters. The summed E-state index contributed by atoms with van der Waals surface area (Å²) in [5.74, 6) is -0.713. The van der Waals surface area contributed by atoms with E-state index in [4.69, 9.17) is 5.53 Å². The lowest BCUT2D eigenvalue weighted by molar-refractivity contribution is 0.100. The summed E-state index contributed by atoms with van der Waals surface area (Å²) >= 11 is 1.10. The minimum Gasteiger partial charge on any atom is -0.286 e. The van der Waals surface area contributed by atoms with E-state index >= 15 is 0 Å². The summed E-state index contributed by atoms with van der Waals surface area (Å²) in [6.07, 6.45) is -2.57. The Morgan fingerprint density at radius 1 is 1.37 bits per heavy atom. The molecule has 0 N–H and O–H groups in total. The lowest BCUT2D eigenvalue weighted by Gasteiger charge is -2.04. The third kappa shape index (κ3) is 2.78. The quantitative estimate of drug-likeness (QED) is 0.452. The van der Waals surface area contributed by atoms with Gasteiger partial charge in [-0.3, -0.25) is 4.79 Å². The van der Waals surface area contributed by atoms with E-state index in [1.165, 1.54) is 18.2 Å². The second-order valence-corrected chi connectivity index (χ2v) is 4.50. The molecule has 0 unspecified atom stereocenters. The number of benzene rings is 1. The summed E-state index contributed by atoms with van der Waals surface area (Å²) in [5, 5.41) is 4.66. The first kappa shape index (κ1) is 13.2. The number of hydrogen-bond acceptors (Lipinski definition) is 2. The monoisotopic (exact) mass is 279 g/mol. The summed E-state index contributed by atoms with van der Waals surface area (Å²) < 4.78 is 25.3. The Balaban J connectivity index is 2.48. The van der Waals surface area contributed by atoms with Crippen molar-refractivity contribution in [1.29, 1.82) is 0 Å². The highest BCUT2D eigenvalue weighted by molar-refractivity contribution is 7.12. The normalized spacial score (nSPS) is 10.3. The number of hydrogen-bond donors (Lipinski definition) is 0. The van der Waals surface area contributed by atoms with E-state index in [9.17, 15) is 13.6 Å². The summed E-state index contributed by atoms with van der Waals surface area (Å²) in [4.78, 5) is 14.2. The number of amides is 1. The summed E-state index contributed by atoms with van der Waals surface area (Å²) in [5.41, 5.74) is 9.12. The molecule has 0 spiro atoms. The van der Waals surface area contributed by atoms with E-state index in [2.05, 4.69) is 10.0 Å². The van der Waals surface area contributed by atoms with Gasteiger partial charge < -0.3 is 0 Å². The number of carbonyl (C=O) groups excluding carboxylic acids is 1. The number of azide groups is 1. The van der Waals surface area contributed by atoms with E-state index in [0.717, 1.165) is 11.3 Å². The first-order valence-corrected chi connectivity index (χ1v) is 6.07. The van der Waals surface area contributed by atoms with Gasteiger partial charge >= 0.3 is 0 Å². The Hall–Kier alpha value is -2.24. The maximum Gasteiger partial charge on any atom is 0.263 e. The molecule has 1 amide bonds. The third-order valence-electron chi connectivity index (χ3n) is 2.44. The van der Waals surface area contributed by atoms with E-state index in [1.54, 1.807) is 17.5 Å². The lowest BCUT2D eigenvalue weighted by Crippen LogP contribution is -1.92. The van der Waals surface area contributed by atoms with Gasteiger partial charge in [0.1, 0.15) is 0 Å². The highest BCUT2D eigenvalue weighted by Gasteiger charge is 2.15. The smallest absolute Gasteiger partial charge is 0.263 e. The van der Waals surface area contributed by atoms with Crippen LogP contribution in [0.2, 0.25) is 0 Å². The van der Waals surface area contributed by atoms with E-state index in [1.807, 2.05) is 0 Å². The van der Waals surface area contributed by atoms with E-state index in [-0.39, 0.29) is 10.4 Å². The van der Waals surface area contributed by atoms with Crippen LogP contribution in [0.5, 0.6) is 0 Å². The number of halogens is 2. The molecular weight excluding hydrogens is 272 g/mol. The van der Waals surface area contributed by atoms with Crippen molar-refractivity contribution in [3.05, 3.63) is 56.6 Å². The Labute approximate surface area is 110 Å². The molecular formula is C12H7F2N3OS.